The van der Waals surface area contributed by atoms with Crippen LogP contribution in [0.15, 0.2) is 113 Å². The molecule has 4 aromatic carbocycles. The maximum atomic E-state index is 13.0. The Hall–Kier alpha value is -4.44. The number of rotatable bonds is 13. The van der Waals surface area contributed by atoms with Crippen molar-refractivity contribution in [1.82, 2.24) is 9.03 Å². The van der Waals surface area contributed by atoms with Crippen LogP contribution >= 0.6 is 11.8 Å². The van der Waals surface area contributed by atoms with Crippen LogP contribution in [0.2, 0.25) is 0 Å². The van der Waals surface area contributed by atoms with Crippen molar-refractivity contribution in [1.29, 1.82) is 0 Å². The van der Waals surface area contributed by atoms with Crippen LogP contribution < -0.4 is 14.9 Å². The van der Waals surface area contributed by atoms with E-state index < -0.39 is 41.5 Å². The second-order valence-corrected chi connectivity index (χ2v) is 15.5. The summed E-state index contributed by atoms with van der Waals surface area (Å²) < 4.78 is 55.3. The van der Waals surface area contributed by atoms with Crippen LogP contribution in [0, 0.1) is 10.1 Å². The second kappa shape index (κ2) is 15.0. The minimum Gasteiger partial charge on any atom is -0.379 e. The average molecular weight is 696 g/mol. The monoisotopic (exact) mass is 695 g/mol. The summed E-state index contributed by atoms with van der Waals surface area (Å²) in [6, 6.07) is 28.4. The summed E-state index contributed by atoms with van der Waals surface area (Å²) in [5.74, 6) is -0.331. The molecule has 0 spiro atoms. The highest BCUT2D eigenvalue weighted by molar-refractivity contribution is 7.99. The van der Waals surface area contributed by atoms with E-state index in [4.69, 9.17) is 0 Å². The van der Waals surface area contributed by atoms with Crippen LogP contribution in [-0.4, -0.2) is 70.4 Å². The van der Waals surface area contributed by atoms with Crippen LogP contribution in [0.5, 0.6) is 0 Å². The zero-order valence-corrected chi connectivity index (χ0v) is 27.6. The summed E-state index contributed by atoms with van der Waals surface area (Å²) in [4.78, 5) is 26.6. The maximum Gasteiger partial charge on any atom is 0.293 e. The van der Waals surface area contributed by atoms with Gasteiger partial charge in [0.1, 0.15) is 5.69 Å². The molecule has 47 heavy (non-hydrogen) atoms. The number of hydrogen-bond acceptors (Lipinski definition) is 10. The predicted molar refractivity (Wildman–Crippen MR) is 183 cm³/mol. The Morgan fingerprint density at radius 2 is 1.47 bits per heavy atom. The van der Waals surface area contributed by atoms with Crippen molar-refractivity contribution in [3.63, 3.8) is 0 Å². The van der Waals surface area contributed by atoms with Gasteiger partial charge in [-0.2, -0.15) is 4.31 Å². The number of anilines is 2. The van der Waals surface area contributed by atoms with Crippen molar-refractivity contribution in [3.8, 4) is 0 Å². The Bertz CT molecular complexity index is 1920. The number of nitro benzene ring substituents is 1. The third kappa shape index (κ3) is 8.88. The van der Waals surface area contributed by atoms with E-state index >= 15 is 0 Å². The third-order valence-electron chi connectivity index (χ3n) is 7.45. The standard InChI is InChI=1S/C32H33N5O7S3/c38-32(26-11-13-27(14-12-26)35-18-20-36(21-19-35)46(41,42)24-25-7-3-1-4-8-25)34-47(43,44)29-15-16-30(31(23-29)37(39)40)33-17-22-45-28-9-5-2-6-10-28/h1-16,23,33H,17-22,24H2,(H,34,38). The molecule has 12 nitrogen and oxygen atoms in total. The summed E-state index contributed by atoms with van der Waals surface area (Å²) in [6.45, 7) is 1.92. The lowest BCUT2D eigenvalue weighted by molar-refractivity contribution is -0.384. The lowest BCUT2D eigenvalue weighted by Crippen LogP contribution is -2.49. The van der Waals surface area contributed by atoms with E-state index in [1.54, 1.807) is 48.2 Å². The molecule has 0 radical (unpaired) electrons. The zero-order valence-electron chi connectivity index (χ0n) is 25.2. The van der Waals surface area contributed by atoms with Crippen LogP contribution in [0.25, 0.3) is 0 Å². The Morgan fingerprint density at radius 1 is 0.830 bits per heavy atom. The van der Waals surface area contributed by atoms with E-state index in [0.717, 1.165) is 22.2 Å². The van der Waals surface area contributed by atoms with E-state index in [-0.39, 0.29) is 17.0 Å². The molecule has 1 saturated heterocycles. The fourth-order valence-electron chi connectivity index (χ4n) is 5.01. The van der Waals surface area contributed by atoms with Crippen LogP contribution in [0.3, 0.4) is 0 Å². The first kappa shape index (κ1) is 33.9. The third-order valence-corrected chi connectivity index (χ3v) is 11.6. The van der Waals surface area contributed by atoms with Gasteiger partial charge in [0.25, 0.3) is 21.6 Å². The first-order valence-electron chi connectivity index (χ1n) is 14.7. The van der Waals surface area contributed by atoms with Crippen LogP contribution in [-0.2, 0) is 25.8 Å². The lowest BCUT2D eigenvalue weighted by Gasteiger charge is -2.35. The van der Waals surface area contributed by atoms with Crippen LogP contribution in [0.4, 0.5) is 17.1 Å². The molecule has 4 aromatic rings. The number of benzene rings is 4. The smallest absolute Gasteiger partial charge is 0.293 e. The fraction of sp³-hybridized carbons (Fsp3) is 0.219. The molecule has 5 rings (SSSR count). The van der Waals surface area contributed by atoms with E-state index in [2.05, 4.69) is 5.32 Å². The van der Waals surface area contributed by atoms with Crippen molar-refractivity contribution < 1.29 is 26.6 Å². The quantitative estimate of drug-likeness (QED) is 0.0879. The summed E-state index contributed by atoms with van der Waals surface area (Å²) in [7, 11) is -7.89. The average Bonchev–Trinajstić information content (AvgIpc) is 3.07. The second-order valence-electron chi connectivity index (χ2n) is 10.6. The summed E-state index contributed by atoms with van der Waals surface area (Å²) >= 11 is 1.57. The molecule has 246 valence electrons. The molecule has 2 N–H and O–H groups in total. The number of amides is 1. The zero-order chi connectivity index (χ0) is 33.4. The first-order chi connectivity index (χ1) is 22.5. The van der Waals surface area contributed by atoms with Gasteiger partial charge in [-0.3, -0.25) is 14.9 Å². The van der Waals surface area contributed by atoms with E-state index in [9.17, 15) is 31.7 Å². The van der Waals surface area contributed by atoms with Gasteiger partial charge in [0, 0.05) is 60.7 Å². The van der Waals surface area contributed by atoms with Gasteiger partial charge in [0.15, 0.2) is 0 Å². The lowest BCUT2D eigenvalue weighted by atomic mass is 10.2. The topological polar surface area (TPSA) is 159 Å². The summed E-state index contributed by atoms with van der Waals surface area (Å²) in [5.41, 5.74) is 1.29. The van der Waals surface area contributed by atoms with Crippen LogP contribution in [0.1, 0.15) is 15.9 Å². The minimum absolute atomic E-state index is 0.0661. The molecule has 0 aromatic heterocycles. The molecular formula is C32H33N5O7S3. The molecule has 0 saturated carbocycles. The highest BCUT2D eigenvalue weighted by atomic mass is 32.2. The van der Waals surface area contributed by atoms with Crippen molar-refractivity contribution in [2.75, 3.05) is 48.7 Å². The van der Waals surface area contributed by atoms with Gasteiger partial charge >= 0.3 is 0 Å². The molecule has 15 heteroatoms. The molecule has 1 aliphatic heterocycles. The Morgan fingerprint density at radius 3 is 2.11 bits per heavy atom. The normalized spacial score (nSPS) is 14.0. The molecule has 1 fully saturated rings. The molecule has 0 bridgehead atoms. The Kier molecular flexibility index (Phi) is 10.8. The Labute approximate surface area is 278 Å². The van der Waals surface area contributed by atoms with E-state index in [1.807, 2.05) is 46.0 Å². The number of carbonyl (C=O) groups excluding carboxylic acids is 1. The maximum absolute atomic E-state index is 13.0. The minimum atomic E-state index is -4.42. The number of carbonyl (C=O) groups is 1. The van der Waals surface area contributed by atoms with Crippen molar-refractivity contribution >= 4 is 54.8 Å². The number of nitrogens with one attached hydrogen (secondary N) is 2. The van der Waals surface area contributed by atoms with Gasteiger partial charge in [-0.15, -0.1) is 11.8 Å². The molecule has 0 atom stereocenters. The first-order valence-corrected chi connectivity index (χ1v) is 18.7. The highest BCUT2D eigenvalue weighted by Gasteiger charge is 2.28. The van der Waals surface area contributed by atoms with Crippen molar-refractivity contribution in [2.45, 2.75) is 15.5 Å². The van der Waals surface area contributed by atoms with Gasteiger partial charge in [0.2, 0.25) is 10.0 Å². The largest absolute Gasteiger partial charge is 0.379 e. The van der Waals surface area contributed by atoms with Gasteiger partial charge in [-0.1, -0.05) is 48.5 Å². The molecule has 1 heterocycles. The number of thioether (sulfide) groups is 1. The molecule has 0 unspecified atom stereocenters. The number of hydrogen-bond donors (Lipinski definition) is 2. The highest BCUT2D eigenvalue weighted by Crippen LogP contribution is 2.28. The Balaban J connectivity index is 1.16. The molecule has 1 aliphatic rings. The van der Waals surface area contributed by atoms with E-state index in [0.29, 0.717) is 38.5 Å². The van der Waals surface area contributed by atoms with E-state index in [1.165, 1.54) is 28.6 Å². The molecular weight excluding hydrogens is 663 g/mol. The van der Waals surface area contributed by atoms with Crippen molar-refractivity contribution in [3.05, 3.63) is 124 Å². The van der Waals surface area contributed by atoms with Gasteiger partial charge in [-0.25, -0.2) is 21.6 Å². The van der Waals surface area contributed by atoms with Crippen molar-refractivity contribution in [2.24, 2.45) is 0 Å². The number of nitrogens with zero attached hydrogens (tertiary/aromatic N) is 3. The molecule has 0 aliphatic carbocycles. The van der Waals surface area contributed by atoms with Gasteiger partial charge in [0.05, 0.1) is 15.6 Å². The van der Waals surface area contributed by atoms with Gasteiger partial charge in [-0.05, 0) is 54.1 Å². The fourth-order valence-corrected chi connectivity index (χ4v) is 8.31. The number of nitro groups is 1. The summed E-state index contributed by atoms with van der Waals surface area (Å²) in [6.07, 6.45) is 0. The predicted octanol–water partition coefficient (Wildman–Crippen LogP) is 4.57. The summed E-state index contributed by atoms with van der Waals surface area (Å²) in [5, 5.41) is 14.7. The SMILES string of the molecule is O=C(NS(=O)(=O)c1ccc(NCCSc2ccccc2)c([N+](=O)[O-])c1)c1ccc(N2CCN(S(=O)(=O)Cc3ccccc3)CC2)cc1. The number of piperazine rings is 1. The van der Waals surface area contributed by atoms with Gasteiger partial charge < -0.3 is 10.2 Å². The number of sulfonamides is 2. The molecule has 1 amide bonds.